The molecule has 0 saturated heterocycles. The molecule has 4 nitrogen and oxygen atoms in total. The molecule has 0 heterocycles. The largest absolute Gasteiger partial charge is 0.490 e. The summed E-state index contributed by atoms with van der Waals surface area (Å²) in [5.41, 5.74) is 2.04. The van der Waals surface area contributed by atoms with Crippen LogP contribution < -0.4 is 4.74 Å². The Bertz CT molecular complexity index is 860. The van der Waals surface area contributed by atoms with E-state index in [0.717, 1.165) is 44.8 Å². The molecule has 1 aromatic carbocycles. The van der Waals surface area contributed by atoms with Gasteiger partial charge >= 0.3 is 0 Å². The Kier molecular flexibility index (Phi) is 6.10. The van der Waals surface area contributed by atoms with Crippen molar-refractivity contribution in [3.8, 4) is 18.1 Å². The Morgan fingerprint density at radius 2 is 1.87 bits per heavy atom. The van der Waals surface area contributed by atoms with E-state index >= 15 is 0 Å². The molecule has 4 aliphatic carbocycles. The van der Waals surface area contributed by atoms with E-state index in [1.807, 2.05) is 0 Å². The second-order valence-corrected chi connectivity index (χ2v) is 10.3. The van der Waals surface area contributed by atoms with Crippen LogP contribution in [0.2, 0.25) is 0 Å². The van der Waals surface area contributed by atoms with E-state index in [9.17, 15) is 5.11 Å². The van der Waals surface area contributed by atoms with Crippen LogP contribution in [-0.4, -0.2) is 27.9 Å². The minimum Gasteiger partial charge on any atom is -0.490 e. The minimum atomic E-state index is -0.901. The van der Waals surface area contributed by atoms with Crippen LogP contribution >= 0.6 is 0 Å². The number of fused-ring (bicyclic) bond motifs is 5. The van der Waals surface area contributed by atoms with Crippen LogP contribution in [0, 0.1) is 29.6 Å². The van der Waals surface area contributed by atoms with Gasteiger partial charge in [-0.15, -0.1) is 6.42 Å². The fraction of sp³-hybridized carbons (Fsp3) is 0.667. The molecule has 3 fully saturated rings. The van der Waals surface area contributed by atoms with Crippen LogP contribution in [-0.2, 0) is 11.2 Å². The summed E-state index contributed by atoms with van der Waals surface area (Å²) in [6, 6.07) is 6.88. The van der Waals surface area contributed by atoms with E-state index in [2.05, 4.69) is 31.0 Å². The number of carbonyl (C=O) groups is 1. The second kappa shape index (κ2) is 8.51. The highest BCUT2D eigenvalue weighted by Crippen LogP contribution is 2.64. The second-order valence-electron chi connectivity index (χ2n) is 10.3. The Morgan fingerprint density at radius 1 is 1.16 bits per heavy atom. The fourth-order valence-electron chi connectivity index (χ4n) is 7.08. The molecule has 5 atom stereocenters. The number of hydrogen-bond donors (Lipinski definition) is 2. The summed E-state index contributed by atoms with van der Waals surface area (Å²) in [5.74, 6) is 4.87. The molecular weight excluding hydrogens is 388 g/mol. The zero-order valence-corrected chi connectivity index (χ0v) is 18.9. The number of ether oxygens (including phenoxy) is 1. The van der Waals surface area contributed by atoms with E-state index < -0.39 is 11.6 Å². The standard InChI is InChI=1S/C25H32O2.C2H4O2/c1-3-25(26)15-13-23-22-10-8-17-16-19(27-18-6-4-5-7-18)9-11-20(17)21(22)12-14-24(23,25)2;1-2(3)4/h1,9,11,16,18,21-23,26H,4-8,10,12-15H2,2H3;1H3,(H,3,4)/t21-,22-,23+,24+,25+;/m1./s1. The Hall–Kier alpha value is -1.99. The van der Waals surface area contributed by atoms with Gasteiger partial charge in [-0.05, 0) is 105 Å². The van der Waals surface area contributed by atoms with Crippen molar-refractivity contribution >= 4 is 5.97 Å². The van der Waals surface area contributed by atoms with Crippen LogP contribution in [0.1, 0.15) is 88.7 Å². The van der Waals surface area contributed by atoms with E-state index in [0.29, 0.717) is 23.9 Å². The third-order valence-electron chi connectivity index (χ3n) is 8.69. The van der Waals surface area contributed by atoms with Crippen molar-refractivity contribution in [1.82, 2.24) is 0 Å². The maximum Gasteiger partial charge on any atom is 0.300 e. The number of carboxylic acids is 1. The smallest absolute Gasteiger partial charge is 0.300 e. The van der Waals surface area contributed by atoms with Crippen LogP contribution in [0.4, 0.5) is 0 Å². The molecule has 0 aliphatic heterocycles. The number of carboxylic acid groups (broad SMARTS) is 1. The average Bonchev–Trinajstić information content (AvgIpc) is 3.33. The van der Waals surface area contributed by atoms with Gasteiger partial charge in [-0.3, -0.25) is 4.79 Å². The summed E-state index contributed by atoms with van der Waals surface area (Å²) in [4.78, 5) is 9.00. The van der Waals surface area contributed by atoms with Crippen molar-refractivity contribution in [3.05, 3.63) is 29.3 Å². The van der Waals surface area contributed by atoms with Gasteiger partial charge in [0.25, 0.3) is 5.97 Å². The number of aryl methyl sites for hydroxylation is 1. The van der Waals surface area contributed by atoms with Crippen molar-refractivity contribution < 1.29 is 19.7 Å². The molecule has 2 N–H and O–H groups in total. The summed E-state index contributed by atoms with van der Waals surface area (Å²) in [6.07, 6.45) is 17.6. The van der Waals surface area contributed by atoms with Gasteiger partial charge in [0.2, 0.25) is 0 Å². The Morgan fingerprint density at radius 3 is 2.55 bits per heavy atom. The predicted molar refractivity (Wildman–Crippen MR) is 121 cm³/mol. The molecule has 0 bridgehead atoms. The number of benzene rings is 1. The van der Waals surface area contributed by atoms with Gasteiger partial charge in [0.1, 0.15) is 11.4 Å². The summed E-state index contributed by atoms with van der Waals surface area (Å²) in [7, 11) is 0. The lowest BCUT2D eigenvalue weighted by atomic mass is 9.53. The van der Waals surface area contributed by atoms with E-state index in [1.165, 1.54) is 37.7 Å². The lowest BCUT2D eigenvalue weighted by Crippen LogP contribution is -2.50. The van der Waals surface area contributed by atoms with Crippen LogP contribution in [0.25, 0.3) is 0 Å². The van der Waals surface area contributed by atoms with Gasteiger partial charge in [-0.25, -0.2) is 0 Å². The number of hydrogen-bond acceptors (Lipinski definition) is 3. The molecule has 0 radical (unpaired) electrons. The highest BCUT2D eigenvalue weighted by molar-refractivity contribution is 5.62. The summed E-state index contributed by atoms with van der Waals surface area (Å²) < 4.78 is 6.25. The van der Waals surface area contributed by atoms with E-state index in [-0.39, 0.29) is 5.41 Å². The average molecular weight is 425 g/mol. The number of aliphatic hydroxyl groups is 1. The lowest BCUT2D eigenvalue weighted by Gasteiger charge is -2.52. The minimum absolute atomic E-state index is 0.105. The van der Waals surface area contributed by atoms with Gasteiger partial charge in [-0.2, -0.15) is 0 Å². The van der Waals surface area contributed by atoms with Crippen molar-refractivity contribution in [2.45, 2.75) is 95.7 Å². The number of aliphatic carboxylic acids is 1. The number of terminal acetylenes is 1. The lowest BCUT2D eigenvalue weighted by molar-refractivity contribution is -0.134. The normalized spacial score (nSPS) is 36.3. The third kappa shape index (κ3) is 3.98. The molecule has 5 rings (SSSR count). The van der Waals surface area contributed by atoms with Crippen LogP contribution in [0.15, 0.2) is 18.2 Å². The summed E-state index contributed by atoms with van der Waals surface area (Å²) in [6.45, 7) is 3.34. The molecule has 0 unspecified atom stereocenters. The van der Waals surface area contributed by atoms with Gasteiger partial charge < -0.3 is 14.9 Å². The van der Waals surface area contributed by atoms with Gasteiger partial charge in [0, 0.05) is 12.3 Å². The fourth-order valence-corrected chi connectivity index (χ4v) is 7.08. The Labute approximate surface area is 186 Å². The molecule has 3 saturated carbocycles. The first-order valence-corrected chi connectivity index (χ1v) is 12.0. The van der Waals surface area contributed by atoms with Crippen LogP contribution in [0.5, 0.6) is 5.75 Å². The molecule has 1 aromatic rings. The number of rotatable bonds is 2. The molecule has 4 aliphatic rings. The first-order chi connectivity index (χ1) is 14.8. The zero-order valence-electron chi connectivity index (χ0n) is 18.9. The van der Waals surface area contributed by atoms with E-state index in [4.69, 9.17) is 21.1 Å². The zero-order chi connectivity index (χ0) is 22.2. The monoisotopic (exact) mass is 424 g/mol. The van der Waals surface area contributed by atoms with Gasteiger partial charge in [0.15, 0.2) is 0 Å². The SMILES string of the molecule is C#C[C@]1(O)CC[C@H]2[C@@H]3CCc4cc(OC5CCCC5)ccc4[C@H]3CC[C@@]21C.CC(=O)O. The van der Waals surface area contributed by atoms with Crippen molar-refractivity contribution in [1.29, 1.82) is 0 Å². The van der Waals surface area contributed by atoms with E-state index in [1.54, 1.807) is 5.56 Å². The quantitative estimate of drug-likeness (QED) is 0.631. The molecule has 0 aromatic heterocycles. The van der Waals surface area contributed by atoms with Crippen molar-refractivity contribution in [3.63, 3.8) is 0 Å². The molecule has 0 amide bonds. The predicted octanol–water partition coefficient (Wildman–Crippen LogP) is 5.32. The summed E-state index contributed by atoms with van der Waals surface area (Å²) >= 11 is 0. The van der Waals surface area contributed by atoms with Gasteiger partial charge in [0.05, 0.1) is 6.10 Å². The first kappa shape index (κ1) is 22.2. The molecule has 4 heteroatoms. The Balaban J connectivity index is 0.000000535. The third-order valence-corrected chi connectivity index (χ3v) is 8.69. The molecular formula is C27H36O4. The van der Waals surface area contributed by atoms with Crippen molar-refractivity contribution in [2.75, 3.05) is 0 Å². The summed E-state index contributed by atoms with van der Waals surface area (Å²) in [5, 5.41) is 18.5. The van der Waals surface area contributed by atoms with Crippen LogP contribution in [0.3, 0.4) is 0 Å². The molecule has 168 valence electrons. The maximum absolute atomic E-state index is 11.1. The maximum atomic E-state index is 11.1. The van der Waals surface area contributed by atoms with Gasteiger partial charge in [-0.1, -0.05) is 18.9 Å². The first-order valence-electron chi connectivity index (χ1n) is 12.0. The molecule has 0 spiro atoms. The topological polar surface area (TPSA) is 66.8 Å². The van der Waals surface area contributed by atoms with Crippen molar-refractivity contribution in [2.24, 2.45) is 17.3 Å². The highest BCUT2D eigenvalue weighted by atomic mass is 16.5. The highest BCUT2D eigenvalue weighted by Gasteiger charge is 2.61. The molecule has 31 heavy (non-hydrogen) atoms.